The second kappa shape index (κ2) is 2.88. The van der Waals surface area contributed by atoms with Crippen LogP contribution >= 0.6 is 0 Å². The van der Waals surface area contributed by atoms with Gasteiger partial charge in [0.05, 0.1) is 0 Å². The Kier molecular flexibility index (Phi) is 2.79. The summed E-state index contributed by atoms with van der Waals surface area (Å²) in [5.41, 5.74) is 0. The van der Waals surface area contributed by atoms with Crippen LogP contribution in [0.1, 0.15) is 5.82 Å². The molecule has 1 aromatic heterocycles. The third-order valence-corrected chi connectivity index (χ3v) is 0.451. The summed E-state index contributed by atoms with van der Waals surface area (Å²) in [5.74, 6) is 0.745. The minimum atomic E-state index is 0. The van der Waals surface area contributed by atoms with Crippen LogP contribution in [0.2, 0.25) is 0 Å². The van der Waals surface area contributed by atoms with Gasteiger partial charge in [0.25, 0.3) is 0 Å². The number of nitrogens with one attached hydrogen (secondary N) is 1. The minimum absolute atomic E-state index is 0. The van der Waals surface area contributed by atoms with Crippen molar-refractivity contribution in [2.45, 2.75) is 6.92 Å². The second-order valence-corrected chi connectivity index (χ2v) is 0.987. The molecule has 4 nitrogen and oxygen atoms in total. The molecule has 7 heavy (non-hydrogen) atoms. The average Bonchev–Trinajstić information content (AvgIpc) is 1.86. The molecule has 0 unspecified atom stereocenters. The fourth-order valence-corrected chi connectivity index (χ4v) is 0.207. The summed E-state index contributed by atoms with van der Waals surface area (Å²) in [5, 5.41) is 12.6. The number of tetrazole rings is 1. The van der Waals surface area contributed by atoms with E-state index in [9.17, 15) is 0 Å². The molecule has 0 radical (unpaired) electrons. The average molecular weight is 132 g/mol. The summed E-state index contributed by atoms with van der Waals surface area (Å²) < 4.78 is 0. The number of aromatic nitrogens is 4. The van der Waals surface area contributed by atoms with Gasteiger partial charge in [-0.25, -0.2) is 5.10 Å². The Hall–Kier alpha value is -0.216. The summed E-state index contributed by atoms with van der Waals surface area (Å²) >= 11 is 0. The van der Waals surface area contributed by atoms with E-state index in [-0.39, 0.29) is 21.7 Å². The molecule has 0 spiro atoms. The van der Waals surface area contributed by atoms with Gasteiger partial charge in [0.2, 0.25) is 0 Å². The van der Waals surface area contributed by atoms with Gasteiger partial charge in [-0.15, -0.1) is 5.10 Å². The van der Waals surface area contributed by atoms with Gasteiger partial charge in [-0.3, -0.25) is 0 Å². The number of aromatic amines is 1. The summed E-state index contributed by atoms with van der Waals surface area (Å²) in [6, 6.07) is 0. The Morgan fingerprint density at radius 3 is 2.43 bits per heavy atom. The zero-order valence-electron chi connectivity index (χ0n) is 3.84. The van der Waals surface area contributed by atoms with Crippen molar-refractivity contribution in [2.24, 2.45) is 0 Å². The van der Waals surface area contributed by atoms with E-state index in [1.54, 1.807) is 6.92 Å². The van der Waals surface area contributed by atoms with E-state index in [0.717, 1.165) is 5.82 Å². The van der Waals surface area contributed by atoms with Crippen LogP contribution in [0.3, 0.4) is 0 Å². The summed E-state index contributed by atoms with van der Waals surface area (Å²) in [7, 11) is 0. The first-order chi connectivity index (χ1) is 2.89. The fraction of sp³-hybridized carbons (Fsp3) is 0.500. The largest absolute Gasteiger partial charge is 0.243 e. The van der Waals surface area contributed by atoms with Gasteiger partial charge < -0.3 is 0 Å². The van der Waals surface area contributed by atoms with Crippen LogP contribution in [0.4, 0.5) is 0 Å². The zero-order valence-corrected chi connectivity index (χ0v) is 5.40. The molecule has 0 amide bonds. The van der Waals surface area contributed by atoms with Crippen molar-refractivity contribution in [1.29, 1.82) is 0 Å². The van der Waals surface area contributed by atoms with E-state index < -0.39 is 0 Å². The predicted molar refractivity (Wildman–Crippen MR) is 18.9 cm³/mol. The molecule has 1 N–H and O–H groups in total. The molecule has 0 aliphatic heterocycles. The summed E-state index contributed by atoms with van der Waals surface area (Å²) in [4.78, 5) is 0. The van der Waals surface area contributed by atoms with Crippen LogP contribution in [0.15, 0.2) is 0 Å². The Bertz CT molecular complexity index is 113. The molecular formula is C2H4N4Ti. The Balaban J connectivity index is 0.000000360. The normalized spacial score (nSPS) is 7.57. The van der Waals surface area contributed by atoms with Crippen LogP contribution < -0.4 is 0 Å². The van der Waals surface area contributed by atoms with Gasteiger partial charge in [0, 0.05) is 21.7 Å². The maximum absolute atomic E-state index is 3.50. The molecule has 1 heterocycles. The predicted octanol–water partition coefficient (Wildman–Crippen LogP) is -0.494. The topological polar surface area (TPSA) is 54.5 Å². The molecule has 0 aliphatic carbocycles. The first kappa shape index (κ1) is 6.78. The maximum atomic E-state index is 3.50. The first-order valence-electron chi connectivity index (χ1n) is 1.60. The smallest absolute Gasteiger partial charge is 0.145 e. The van der Waals surface area contributed by atoms with Crippen molar-refractivity contribution < 1.29 is 21.7 Å². The first-order valence-corrected chi connectivity index (χ1v) is 1.60. The van der Waals surface area contributed by atoms with E-state index >= 15 is 0 Å². The quantitative estimate of drug-likeness (QED) is 0.484. The summed E-state index contributed by atoms with van der Waals surface area (Å²) in [6.07, 6.45) is 0. The second-order valence-electron chi connectivity index (χ2n) is 0.987. The molecule has 36 valence electrons. The minimum Gasteiger partial charge on any atom is -0.243 e. The van der Waals surface area contributed by atoms with Crippen molar-refractivity contribution in [3.8, 4) is 0 Å². The van der Waals surface area contributed by atoms with E-state index in [4.69, 9.17) is 0 Å². The van der Waals surface area contributed by atoms with Crippen molar-refractivity contribution in [3.05, 3.63) is 5.82 Å². The molecule has 1 rings (SSSR count). The molecule has 0 aliphatic rings. The molecule has 0 fully saturated rings. The van der Waals surface area contributed by atoms with Crippen molar-refractivity contribution in [1.82, 2.24) is 20.6 Å². The zero-order chi connectivity index (χ0) is 4.41. The Labute approximate surface area is 55.6 Å². The molecule has 0 saturated heterocycles. The maximum Gasteiger partial charge on any atom is 0.145 e. The van der Waals surface area contributed by atoms with E-state index in [2.05, 4.69) is 20.6 Å². The van der Waals surface area contributed by atoms with Gasteiger partial charge in [0.1, 0.15) is 5.82 Å². The Morgan fingerprint density at radius 1 is 1.57 bits per heavy atom. The van der Waals surface area contributed by atoms with E-state index in [1.807, 2.05) is 0 Å². The van der Waals surface area contributed by atoms with Crippen LogP contribution in [0.5, 0.6) is 0 Å². The standard InChI is InChI=1S/C2H4N4.Ti/c1-2-3-5-6-4-2;/h1H3,(H,3,4,5,6);. The number of nitrogens with zero attached hydrogens (tertiary/aromatic N) is 3. The molecule has 0 bridgehead atoms. The van der Waals surface area contributed by atoms with Crippen molar-refractivity contribution in [2.75, 3.05) is 0 Å². The van der Waals surface area contributed by atoms with Gasteiger partial charge in [-0.05, 0) is 17.4 Å². The molecule has 5 heteroatoms. The third kappa shape index (κ3) is 1.80. The Morgan fingerprint density at radius 2 is 2.29 bits per heavy atom. The molecule has 0 aromatic carbocycles. The third-order valence-electron chi connectivity index (χ3n) is 0.451. The van der Waals surface area contributed by atoms with Crippen LogP contribution in [0.25, 0.3) is 0 Å². The molecule has 0 atom stereocenters. The van der Waals surface area contributed by atoms with Crippen LogP contribution in [-0.4, -0.2) is 20.6 Å². The number of hydrogen-bond donors (Lipinski definition) is 1. The van der Waals surface area contributed by atoms with Gasteiger partial charge >= 0.3 is 0 Å². The molecule has 1 aromatic rings. The van der Waals surface area contributed by atoms with Gasteiger partial charge in [-0.2, -0.15) is 0 Å². The van der Waals surface area contributed by atoms with Crippen LogP contribution in [-0.2, 0) is 21.7 Å². The van der Waals surface area contributed by atoms with Gasteiger partial charge in [0.15, 0.2) is 0 Å². The van der Waals surface area contributed by atoms with Crippen molar-refractivity contribution in [3.63, 3.8) is 0 Å². The van der Waals surface area contributed by atoms with Crippen molar-refractivity contribution >= 4 is 0 Å². The SMILES string of the molecule is Cc1nnn[nH]1.[Ti]. The fourth-order valence-electron chi connectivity index (χ4n) is 0.207. The van der Waals surface area contributed by atoms with E-state index in [1.165, 1.54) is 0 Å². The number of hydrogen-bond acceptors (Lipinski definition) is 3. The van der Waals surface area contributed by atoms with E-state index in [0.29, 0.717) is 0 Å². The molecule has 0 saturated carbocycles. The number of rotatable bonds is 0. The number of aryl methyl sites for hydroxylation is 1. The monoisotopic (exact) mass is 132 g/mol. The number of H-pyrrole nitrogens is 1. The van der Waals surface area contributed by atoms with Crippen LogP contribution in [0, 0.1) is 6.92 Å². The molecular weight excluding hydrogens is 128 g/mol. The summed E-state index contributed by atoms with van der Waals surface area (Å²) in [6.45, 7) is 1.79. The van der Waals surface area contributed by atoms with Gasteiger partial charge in [-0.1, -0.05) is 0 Å².